The molecule has 2 atom stereocenters. The summed E-state index contributed by atoms with van der Waals surface area (Å²) in [5.41, 5.74) is 0.933. The molecule has 1 saturated heterocycles. The summed E-state index contributed by atoms with van der Waals surface area (Å²) in [4.78, 5) is 24.7. The Balaban J connectivity index is 2.09. The van der Waals surface area contributed by atoms with Crippen LogP contribution in [-0.4, -0.2) is 29.8 Å². The van der Waals surface area contributed by atoms with Gasteiger partial charge >= 0.3 is 0 Å². The van der Waals surface area contributed by atoms with Crippen LogP contribution in [-0.2, 0) is 9.59 Å². The Morgan fingerprint density at radius 3 is 2.80 bits per heavy atom. The number of hydrogen-bond acceptors (Lipinski definition) is 3. The molecular weight excluding hydrogens is 344 g/mol. The molecule has 1 N–H and O–H groups in total. The van der Waals surface area contributed by atoms with Crippen LogP contribution < -0.4 is 5.32 Å². The van der Waals surface area contributed by atoms with Crippen molar-refractivity contribution in [3.8, 4) is 0 Å². The normalized spacial score (nSPS) is 21.2. The molecule has 2 rings (SSSR count). The van der Waals surface area contributed by atoms with Crippen molar-refractivity contribution in [1.29, 1.82) is 0 Å². The van der Waals surface area contributed by atoms with Gasteiger partial charge in [-0.05, 0) is 31.0 Å². The minimum absolute atomic E-state index is 0.0637. The van der Waals surface area contributed by atoms with Crippen LogP contribution >= 0.6 is 27.5 Å². The third kappa shape index (κ3) is 3.22. The van der Waals surface area contributed by atoms with Gasteiger partial charge in [0.05, 0.1) is 6.04 Å². The first-order chi connectivity index (χ1) is 9.40. The highest BCUT2D eigenvalue weighted by Crippen LogP contribution is 2.27. The molecule has 0 radical (unpaired) electrons. The number of carbonyl (C=O) groups is 2. The highest BCUT2D eigenvalue weighted by molar-refractivity contribution is 9.10. The maximum atomic E-state index is 12.0. The number of imide groups is 1. The number of nitrogens with one attached hydrogen (secondary N) is 1. The van der Waals surface area contributed by atoms with E-state index >= 15 is 0 Å². The van der Waals surface area contributed by atoms with E-state index in [-0.39, 0.29) is 23.9 Å². The molecule has 1 aromatic carbocycles. The summed E-state index contributed by atoms with van der Waals surface area (Å²) in [5, 5.41) is 3.90. The second kappa shape index (κ2) is 6.24. The van der Waals surface area contributed by atoms with Crippen molar-refractivity contribution in [2.24, 2.45) is 0 Å². The van der Waals surface area contributed by atoms with Crippen LogP contribution in [0.25, 0.3) is 0 Å². The summed E-state index contributed by atoms with van der Waals surface area (Å²) in [6.07, 6.45) is 0.918. The molecule has 0 aliphatic carbocycles. The number of rotatable bonds is 3. The van der Waals surface area contributed by atoms with Gasteiger partial charge in [-0.3, -0.25) is 19.8 Å². The molecule has 0 saturated carbocycles. The monoisotopic (exact) mass is 358 g/mol. The average Bonchev–Trinajstić information content (AvgIpc) is 2.39. The Bertz CT molecular complexity index is 550. The second-order valence-electron chi connectivity index (χ2n) is 4.94. The van der Waals surface area contributed by atoms with Gasteiger partial charge in [0.2, 0.25) is 11.8 Å². The van der Waals surface area contributed by atoms with Crippen molar-refractivity contribution in [1.82, 2.24) is 10.2 Å². The van der Waals surface area contributed by atoms with E-state index in [1.807, 2.05) is 25.1 Å². The first-order valence-corrected chi connectivity index (χ1v) is 7.58. The smallest absolute Gasteiger partial charge is 0.246 e. The summed E-state index contributed by atoms with van der Waals surface area (Å²) >= 11 is 9.58. The number of hydrogen-bond donors (Lipinski definition) is 1. The lowest BCUT2D eigenvalue weighted by Gasteiger charge is -2.30. The number of piperidine rings is 1. The van der Waals surface area contributed by atoms with Crippen molar-refractivity contribution in [3.63, 3.8) is 0 Å². The summed E-state index contributed by atoms with van der Waals surface area (Å²) in [6, 6.07) is 5.26. The fourth-order valence-electron chi connectivity index (χ4n) is 2.31. The zero-order valence-electron chi connectivity index (χ0n) is 11.3. The van der Waals surface area contributed by atoms with Crippen LogP contribution in [0, 0.1) is 0 Å². The lowest BCUT2D eigenvalue weighted by atomic mass is 10.0. The SMILES string of the molecule is CC(NC1CCC(=O)N(C)C1=O)c1ccc(Br)cc1Cl. The van der Waals surface area contributed by atoms with Gasteiger partial charge in [-0.1, -0.05) is 33.6 Å². The lowest BCUT2D eigenvalue weighted by molar-refractivity contribution is -0.148. The predicted octanol–water partition coefficient (Wildman–Crippen LogP) is 2.90. The Morgan fingerprint density at radius 2 is 2.15 bits per heavy atom. The van der Waals surface area contributed by atoms with Crippen LogP contribution in [0.2, 0.25) is 5.02 Å². The van der Waals surface area contributed by atoms with E-state index in [9.17, 15) is 9.59 Å². The van der Waals surface area contributed by atoms with E-state index in [4.69, 9.17) is 11.6 Å². The van der Waals surface area contributed by atoms with Gasteiger partial charge in [-0.15, -0.1) is 0 Å². The number of carbonyl (C=O) groups excluding carboxylic acids is 2. The molecule has 0 bridgehead atoms. The van der Waals surface area contributed by atoms with Crippen LogP contribution in [0.4, 0.5) is 0 Å². The van der Waals surface area contributed by atoms with Gasteiger partial charge in [-0.25, -0.2) is 0 Å². The summed E-state index contributed by atoms with van der Waals surface area (Å²) < 4.78 is 0.914. The molecule has 1 aliphatic rings. The third-order valence-electron chi connectivity index (χ3n) is 3.53. The molecule has 6 heteroatoms. The minimum atomic E-state index is -0.340. The first-order valence-electron chi connectivity index (χ1n) is 6.41. The zero-order valence-corrected chi connectivity index (χ0v) is 13.7. The van der Waals surface area contributed by atoms with Crippen LogP contribution in [0.15, 0.2) is 22.7 Å². The van der Waals surface area contributed by atoms with Crippen LogP contribution in [0.1, 0.15) is 31.4 Å². The van der Waals surface area contributed by atoms with E-state index < -0.39 is 0 Å². The maximum Gasteiger partial charge on any atom is 0.246 e. The molecule has 1 aromatic rings. The van der Waals surface area contributed by atoms with E-state index in [2.05, 4.69) is 21.2 Å². The van der Waals surface area contributed by atoms with Gasteiger partial charge in [0.15, 0.2) is 0 Å². The topological polar surface area (TPSA) is 49.4 Å². The van der Waals surface area contributed by atoms with Crippen molar-refractivity contribution in [3.05, 3.63) is 33.3 Å². The number of amides is 2. The zero-order chi connectivity index (χ0) is 14.9. The molecule has 108 valence electrons. The largest absolute Gasteiger partial charge is 0.299 e. The number of likely N-dealkylation sites (tertiary alicyclic amines) is 1. The fraction of sp³-hybridized carbons (Fsp3) is 0.429. The molecule has 1 heterocycles. The van der Waals surface area contributed by atoms with Crippen molar-refractivity contribution in [2.75, 3.05) is 7.05 Å². The Kier molecular flexibility index (Phi) is 4.83. The number of benzene rings is 1. The predicted molar refractivity (Wildman–Crippen MR) is 81.5 cm³/mol. The third-order valence-corrected chi connectivity index (χ3v) is 4.35. The molecule has 20 heavy (non-hydrogen) atoms. The standard InChI is InChI=1S/C14H16BrClN2O2/c1-8(10-4-3-9(15)7-11(10)16)17-12-5-6-13(19)18(2)14(12)20/h3-4,7-8,12,17H,5-6H2,1-2H3. The Hall–Kier alpha value is -0.910. The average molecular weight is 360 g/mol. The highest BCUT2D eigenvalue weighted by atomic mass is 79.9. The van der Waals surface area contributed by atoms with Crippen molar-refractivity contribution in [2.45, 2.75) is 31.8 Å². The van der Waals surface area contributed by atoms with Gasteiger partial charge in [0.1, 0.15) is 0 Å². The minimum Gasteiger partial charge on any atom is -0.299 e. The van der Waals surface area contributed by atoms with E-state index in [0.717, 1.165) is 10.0 Å². The quantitative estimate of drug-likeness (QED) is 0.844. The van der Waals surface area contributed by atoms with Crippen LogP contribution in [0.5, 0.6) is 0 Å². The number of likely N-dealkylation sites (N-methyl/N-ethyl adjacent to an activating group) is 1. The van der Waals surface area contributed by atoms with E-state index in [1.165, 1.54) is 11.9 Å². The molecule has 1 aliphatic heterocycles. The maximum absolute atomic E-state index is 12.0. The van der Waals surface area contributed by atoms with Crippen molar-refractivity contribution >= 4 is 39.3 Å². The second-order valence-corrected chi connectivity index (χ2v) is 6.26. The van der Waals surface area contributed by atoms with Gasteiger partial charge in [-0.2, -0.15) is 0 Å². The summed E-state index contributed by atoms with van der Waals surface area (Å²) in [6.45, 7) is 1.96. The van der Waals surface area contributed by atoms with Crippen LogP contribution in [0.3, 0.4) is 0 Å². The fourth-order valence-corrected chi connectivity index (χ4v) is 3.15. The molecule has 1 fully saturated rings. The molecular formula is C14H16BrClN2O2. The lowest BCUT2D eigenvalue weighted by Crippen LogP contribution is -2.51. The van der Waals surface area contributed by atoms with E-state index in [1.54, 1.807) is 0 Å². The summed E-state index contributed by atoms with van der Waals surface area (Å²) in [5.74, 6) is -0.302. The van der Waals surface area contributed by atoms with Gasteiger partial charge in [0.25, 0.3) is 0 Å². The Labute approximate surface area is 131 Å². The molecule has 0 spiro atoms. The molecule has 2 unspecified atom stereocenters. The first kappa shape index (κ1) is 15.5. The van der Waals surface area contributed by atoms with Gasteiger partial charge < -0.3 is 0 Å². The molecule has 2 amide bonds. The number of halogens is 2. The Morgan fingerprint density at radius 1 is 1.45 bits per heavy atom. The van der Waals surface area contributed by atoms with Crippen molar-refractivity contribution < 1.29 is 9.59 Å². The van der Waals surface area contributed by atoms with Gasteiger partial charge in [0, 0.05) is 29.0 Å². The highest BCUT2D eigenvalue weighted by Gasteiger charge is 2.32. The number of nitrogens with zero attached hydrogens (tertiary/aromatic N) is 1. The molecule has 0 aromatic heterocycles. The van der Waals surface area contributed by atoms with E-state index in [0.29, 0.717) is 17.9 Å². The summed E-state index contributed by atoms with van der Waals surface area (Å²) in [7, 11) is 1.52. The molecule has 4 nitrogen and oxygen atoms in total.